The number of hydrogen-bond donors (Lipinski definition) is 3. The van der Waals surface area contributed by atoms with Crippen LogP contribution in [0, 0.1) is 18.3 Å². The van der Waals surface area contributed by atoms with Gasteiger partial charge in [-0.05, 0) is 75.6 Å². The quantitative estimate of drug-likeness (QED) is 0.240. The molecule has 8 nitrogen and oxygen atoms in total. The van der Waals surface area contributed by atoms with E-state index < -0.39 is 23.0 Å². The number of nitrogens with zero attached hydrogens (tertiary/aromatic N) is 2. The lowest BCUT2D eigenvalue weighted by molar-refractivity contribution is -0.148. The van der Waals surface area contributed by atoms with Crippen molar-refractivity contribution in [3.05, 3.63) is 35.0 Å². The standard InChI is InChI=1S/C30H44FN5O3S/c1-20-25(40-19-35-20)21-9-10-22(24(16-21)39-18-33-14-6-5-13-32)17-34-27(37)23-8-7-15-36(23)28(38)26(29(2,3)4)30(31)11-12-30/h9-10,16,19,23,26,33H,5-8,11-15,17-18,32H2,1-4H3,(H,34,37). The van der Waals surface area contributed by atoms with Crippen molar-refractivity contribution in [2.24, 2.45) is 17.1 Å². The van der Waals surface area contributed by atoms with E-state index in [4.69, 9.17) is 10.5 Å². The molecule has 2 unspecified atom stereocenters. The average Bonchev–Trinajstić information content (AvgIpc) is 3.28. The number of alkyl halides is 1. The fourth-order valence-corrected chi connectivity index (χ4v) is 6.50. The number of nitrogens with one attached hydrogen (secondary N) is 2. The van der Waals surface area contributed by atoms with Crippen LogP contribution in [0.5, 0.6) is 5.75 Å². The van der Waals surface area contributed by atoms with Gasteiger partial charge in [-0.3, -0.25) is 14.9 Å². The Morgan fingerprint density at radius 1 is 1.30 bits per heavy atom. The molecule has 1 aromatic carbocycles. The van der Waals surface area contributed by atoms with Gasteiger partial charge in [-0.2, -0.15) is 0 Å². The zero-order chi connectivity index (χ0) is 28.9. The van der Waals surface area contributed by atoms with Gasteiger partial charge in [0.05, 0.1) is 22.0 Å². The van der Waals surface area contributed by atoms with Crippen LogP contribution in [0.15, 0.2) is 23.7 Å². The van der Waals surface area contributed by atoms with Crippen LogP contribution in [0.4, 0.5) is 4.39 Å². The molecule has 0 spiro atoms. The molecule has 1 aromatic heterocycles. The average molecular weight is 574 g/mol. The number of hydrogen-bond acceptors (Lipinski definition) is 7. The Balaban J connectivity index is 1.44. The zero-order valence-corrected chi connectivity index (χ0v) is 25.0. The van der Waals surface area contributed by atoms with Gasteiger partial charge in [-0.15, -0.1) is 11.3 Å². The molecule has 220 valence electrons. The summed E-state index contributed by atoms with van der Waals surface area (Å²) < 4.78 is 21.4. The van der Waals surface area contributed by atoms with E-state index in [0.29, 0.717) is 44.8 Å². The fourth-order valence-electron chi connectivity index (χ4n) is 5.70. The minimum Gasteiger partial charge on any atom is -0.478 e. The molecule has 40 heavy (non-hydrogen) atoms. The molecule has 0 radical (unpaired) electrons. The first-order chi connectivity index (χ1) is 19.0. The summed E-state index contributed by atoms with van der Waals surface area (Å²) in [4.78, 5) is 34.0. The molecule has 2 aliphatic rings. The summed E-state index contributed by atoms with van der Waals surface area (Å²) in [7, 11) is 0. The monoisotopic (exact) mass is 573 g/mol. The van der Waals surface area contributed by atoms with Crippen LogP contribution in [-0.4, -0.2) is 59.8 Å². The van der Waals surface area contributed by atoms with Crippen molar-refractivity contribution in [3.63, 3.8) is 0 Å². The highest BCUT2D eigenvalue weighted by Crippen LogP contribution is 2.53. The lowest BCUT2D eigenvalue weighted by atomic mass is 9.75. The summed E-state index contributed by atoms with van der Waals surface area (Å²) in [6.07, 6.45) is 4.05. The lowest BCUT2D eigenvalue weighted by Crippen LogP contribution is -2.52. The van der Waals surface area contributed by atoms with Gasteiger partial charge in [-0.25, -0.2) is 9.37 Å². The van der Waals surface area contributed by atoms with E-state index in [9.17, 15) is 9.59 Å². The number of benzene rings is 1. The van der Waals surface area contributed by atoms with E-state index in [2.05, 4.69) is 15.6 Å². The van der Waals surface area contributed by atoms with Gasteiger partial charge >= 0.3 is 0 Å². The van der Waals surface area contributed by atoms with E-state index >= 15 is 4.39 Å². The van der Waals surface area contributed by atoms with Crippen molar-refractivity contribution in [2.75, 3.05) is 26.4 Å². The smallest absolute Gasteiger partial charge is 0.243 e. The largest absolute Gasteiger partial charge is 0.478 e. The van der Waals surface area contributed by atoms with Crippen LogP contribution < -0.4 is 21.1 Å². The van der Waals surface area contributed by atoms with Gasteiger partial charge in [0.1, 0.15) is 24.2 Å². The van der Waals surface area contributed by atoms with E-state index in [1.54, 1.807) is 16.2 Å². The number of nitrogens with two attached hydrogens (primary N) is 1. The SMILES string of the molecule is Cc1ncsc1-c1ccc(CNC(=O)C2CCCN2C(=O)C(C(C)(C)C)C2(F)CC2)c(OCNCCCCN)c1. The van der Waals surface area contributed by atoms with Crippen LogP contribution >= 0.6 is 11.3 Å². The Kier molecular flexibility index (Phi) is 9.85. The molecule has 2 amide bonds. The first-order valence-corrected chi connectivity index (χ1v) is 15.3. The number of likely N-dealkylation sites (tertiary alicyclic amines) is 1. The number of aromatic nitrogens is 1. The predicted molar refractivity (Wildman–Crippen MR) is 157 cm³/mol. The molecule has 10 heteroatoms. The van der Waals surface area contributed by atoms with Crippen molar-refractivity contribution in [3.8, 4) is 16.2 Å². The summed E-state index contributed by atoms with van der Waals surface area (Å²) in [6, 6.07) is 5.37. The Hall–Kier alpha value is -2.56. The summed E-state index contributed by atoms with van der Waals surface area (Å²) in [5.74, 6) is -0.514. The van der Waals surface area contributed by atoms with Gasteiger partial charge in [0, 0.05) is 18.7 Å². The molecular formula is C30H44FN5O3S. The van der Waals surface area contributed by atoms with Gasteiger partial charge in [-0.1, -0.05) is 32.9 Å². The van der Waals surface area contributed by atoms with Crippen LogP contribution in [0.3, 0.4) is 0 Å². The third kappa shape index (κ3) is 7.19. The van der Waals surface area contributed by atoms with Crippen molar-refractivity contribution < 1.29 is 18.7 Å². The first-order valence-electron chi connectivity index (χ1n) is 14.4. The Bertz CT molecular complexity index is 1170. The molecule has 2 heterocycles. The van der Waals surface area contributed by atoms with E-state index in [-0.39, 0.29) is 18.4 Å². The molecule has 2 aromatic rings. The maximum absolute atomic E-state index is 15.3. The highest BCUT2D eigenvalue weighted by atomic mass is 32.1. The van der Waals surface area contributed by atoms with Crippen molar-refractivity contribution in [1.82, 2.24) is 20.5 Å². The molecule has 1 saturated heterocycles. The van der Waals surface area contributed by atoms with Crippen molar-refractivity contribution in [2.45, 2.75) is 84.5 Å². The predicted octanol–water partition coefficient (Wildman–Crippen LogP) is 4.55. The molecule has 4 rings (SSSR count). The number of aryl methyl sites for hydroxylation is 1. The molecule has 1 aliphatic heterocycles. The van der Waals surface area contributed by atoms with E-state index in [1.165, 1.54) is 0 Å². The van der Waals surface area contributed by atoms with Crippen LogP contribution in [-0.2, 0) is 16.1 Å². The minimum atomic E-state index is -1.46. The second kappa shape index (κ2) is 13.0. The number of amides is 2. The summed E-state index contributed by atoms with van der Waals surface area (Å²) in [5, 5.41) is 6.31. The summed E-state index contributed by atoms with van der Waals surface area (Å²) in [6.45, 7) is 10.2. The summed E-state index contributed by atoms with van der Waals surface area (Å²) >= 11 is 1.57. The number of ether oxygens (including phenoxy) is 1. The maximum atomic E-state index is 15.3. The third-order valence-corrected chi connectivity index (χ3v) is 8.84. The van der Waals surface area contributed by atoms with E-state index in [0.717, 1.165) is 47.5 Å². The highest BCUT2D eigenvalue weighted by Gasteiger charge is 2.59. The van der Waals surface area contributed by atoms with Crippen molar-refractivity contribution >= 4 is 23.2 Å². The topological polar surface area (TPSA) is 110 Å². The number of halogens is 1. The third-order valence-electron chi connectivity index (χ3n) is 7.86. The van der Waals surface area contributed by atoms with Crippen LogP contribution in [0.25, 0.3) is 10.4 Å². The normalized spacial score (nSPS) is 18.9. The zero-order valence-electron chi connectivity index (χ0n) is 24.2. The van der Waals surface area contributed by atoms with Crippen LogP contribution in [0.2, 0.25) is 0 Å². The highest BCUT2D eigenvalue weighted by molar-refractivity contribution is 7.13. The summed E-state index contributed by atoms with van der Waals surface area (Å²) in [5.41, 5.74) is 8.23. The number of rotatable bonds is 13. The van der Waals surface area contributed by atoms with Crippen molar-refractivity contribution in [1.29, 1.82) is 0 Å². The molecule has 4 N–H and O–H groups in total. The van der Waals surface area contributed by atoms with Gasteiger partial charge in [0.25, 0.3) is 0 Å². The van der Waals surface area contributed by atoms with Gasteiger partial charge < -0.3 is 20.7 Å². The van der Waals surface area contributed by atoms with Crippen LogP contribution in [0.1, 0.15) is 70.6 Å². The minimum absolute atomic E-state index is 0.213. The second-order valence-corrected chi connectivity index (χ2v) is 13.0. The number of carbonyl (C=O) groups is 2. The Morgan fingerprint density at radius 2 is 2.08 bits per heavy atom. The molecule has 2 fully saturated rings. The number of unbranched alkanes of at least 4 members (excludes halogenated alkanes) is 1. The molecular weight excluding hydrogens is 529 g/mol. The molecule has 1 saturated carbocycles. The Labute approximate surface area is 241 Å². The second-order valence-electron chi connectivity index (χ2n) is 12.1. The molecule has 0 bridgehead atoms. The first kappa shape index (κ1) is 30.4. The van der Waals surface area contributed by atoms with E-state index in [1.807, 2.05) is 51.4 Å². The number of thiazole rings is 1. The molecule has 2 atom stereocenters. The Morgan fingerprint density at radius 3 is 2.73 bits per heavy atom. The fraction of sp³-hybridized carbons (Fsp3) is 0.633. The maximum Gasteiger partial charge on any atom is 0.243 e. The van der Waals surface area contributed by atoms with Gasteiger partial charge in [0.15, 0.2) is 0 Å². The van der Waals surface area contributed by atoms with Gasteiger partial charge in [0.2, 0.25) is 11.8 Å². The number of carbonyl (C=O) groups excluding carboxylic acids is 2. The molecule has 1 aliphatic carbocycles. The lowest BCUT2D eigenvalue weighted by Gasteiger charge is -2.37.